The fourth-order valence-electron chi connectivity index (χ4n) is 4.81. The summed E-state index contributed by atoms with van der Waals surface area (Å²) in [6.07, 6.45) is 6.22. The van der Waals surface area contributed by atoms with Crippen molar-refractivity contribution < 1.29 is 19.1 Å². The standard InChI is InChI=1S/C31H29NO4/c1-21-16-17-26(35-20-28(33)34)19-25(21)18-24-14-8-9-15-27(24)31-32-29(22-10-4-2-5-11-22)30(36-31)23-12-6-3-7-13-23/h2-7,10-13,15-17,19,24H,8-9,14,18,20H2,1H3,(H,33,34). The second-order valence-corrected chi connectivity index (χ2v) is 9.19. The molecule has 0 fully saturated rings. The predicted molar refractivity (Wildman–Crippen MR) is 141 cm³/mol. The predicted octanol–water partition coefficient (Wildman–Crippen LogP) is 7.21. The Hall–Kier alpha value is -4.12. The van der Waals surface area contributed by atoms with E-state index in [0.29, 0.717) is 11.6 Å². The quantitative estimate of drug-likeness (QED) is 0.289. The normalized spacial score (nSPS) is 15.4. The highest BCUT2D eigenvalue weighted by molar-refractivity contribution is 5.79. The first-order valence-corrected chi connectivity index (χ1v) is 12.3. The van der Waals surface area contributed by atoms with Gasteiger partial charge in [0.1, 0.15) is 11.4 Å². The minimum absolute atomic E-state index is 0.248. The number of aliphatic carboxylic acids is 1. The summed E-state index contributed by atoms with van der Waals surface area (Å²) in [7, 11) is 0. The zero-order valence-electron chi connectivity index (χ0n) is 20.3. The summed E-state index contributed by atoms with van der Waals surface area (Å²) < 4.78 is 11.9. The molecule has 5 heteroatoms. The van der Waals surface area contributed by atoms with E-state index in [0.717, 1.165) is 65.0 Å². The van der Waals surface area contributed by atoms with Gasteiger partial charge in [0.15, 0.2) is 12.4 Å². The second kappa shape index (κ2) is 10.6. The van der Waals surface area contributed by atoms with Crippen molar-refractivity contribution in [2.24, 2.45) is 5.92 Å². The number of ether oxygens (including phenoxy) is 1. The number of hydrogen-bond acceptors (Lipinski definition) is 4. The molecule has 1 atom stereocenters. The van der Waals surface area contributed by atoms with Crippen LogP contribution in [-0.4, -0.2) is 22.7 Å². The third kappa shape index (κ3) is 5.25. The van der Waals surface area contributed by atoms with E-state index < -0.39 is 5.97 Å². The van der Waals surface area contributed by atoms with E-state index in [1.165, 1.54) is 0 Å². The Morgan fingerprint density at radius 2 is 1.75 bits per heavy atom. The Bertz CT molecular complexity index is 1320. The van der Waals surface area contributed by atoms with Crippen LogP contribution in [0.1, 0.15) is 36.3 Å². The van der Waals surface area contributed by atoms with Crippen LogP contribution in [-0.2, 0) is 11.2 Å². The lowest BCUT2D eigenvalue weighted by molar-refractivity contribution is -0.139. The average Bonchev–Trinajstić information content (AvgIpc) is 3.36. The number of benzene rings is 3. The van der Waals surface area contributed by atoms with Crippen molar-refractivity contribution in [3.05, 3.63) is 102 Å². The molecule has 1 aliphatic rings. The number of rotatable bonds is 8. The van der Waals surface area contributed by atoms with Crippen LogP contribution in [0, 0.1) is 12.8 Å². The number of nitrogens with zero attached hydrogens (tertiary/aromatic N) is 1. The SMILES string of the molecule is Cc1ccc(OCC(=O)O)cc1CC1CCCC=C1c1nc(-c2ccccc2)c(-c2ccccc2)o1. The largest absolute Gasteiger partial charge is 0.482 e. The third-order valence-electron chi connectivity index (χ3n) is 6.67. The van der Waals surface area contributed by atoms with E-state index in [2.05, 4.69) is 37.3 Å². The van der Waals surface area contributed by atoms with Crippen LogP contribution in [0.3, 0.4) is 0 Å². The molecule has 0 radical (unpaired) electrons. The molecule has 0 aliphatic heterocycles. The summed E-state index contributed by atoms with van der Waals surface area (Å²) in [5.41, 5.74) is 6.32. The number of aryl methyl sites for hydroxylation is 1. The lowest BCUT2D eigenvalue weighted by atomic mass is 9.82. The highest BCUT2D eigenvalue weighted by Crippen LogP contribution is 2.40. The molecule has 182 valence electrons. The summed E-state index contributed by atoms with van der Waals surface area (Å²) in [6.45, 7) is 1.73. The van der Waals surface area contributed by atoms with Crippen molar-refractivity contribution in [1.82, 2.24) is 4.98 Å². The van der Waals surface area contributed by atoms with Gasteiger partial charge < -0.3 is 14.3 Å². The molecule has 5 rings (SSSR count). The zero-order valence-corrected chi connectivity index (χ0v) is 20.3. The molecule has 0 saturated carbocycles. The highest BCUT2D eigenvalue weighted by atomic mass is 16.5. The van der Waals surface area contributed by atoms with Gasteiger partial charge in [0.2, 0.25) is 5.89 Å². The molecular weight excluding hydrogens is 450 g/mol. The van der Waals surface area contributed by atoms with Gasteiger partial charge in [-0.1, -0.05) is 72.8 Å². The molecule has 1 unspecified atom stereocenters. The van der Waals surface area contributed by atoms with Crippen LogP contribution in [0.15, 0.2) is 89.4 Å². The molecule has 0 saturated heterocycles. The first-order chi connectivity index (χ1) is 17.6. The van der Waals surface area contributed by atoms with Gasteiger partial charge in [0.05, 0.1) is 0 Å². The van der Waals surface area contributed by atoms with E-state index in [1.807, 2.05) is 54.6 Å². The Kier molecular flexibility index (Phi) is 6.99. The van der Waals surface area contributed by atoms with Gasteiger partial charge in [-0.25, -0.2) is 9.78 Å². The fraction of sp³-hybridized carbons (Fsp3) is 0.226. The number of oxazole rings is 1. The van der Waals surface area contributed by atoms with Crippen LogP contribution >= 0.6 is 0 Å². The molecule has 1 heterocycles. The lowest BCUT2D eigenvalue weighted by Crippen LogP contribution is -2.13. The van der Waals surface area contributed by atoms with Crippen LogP contribution in [0.25, 0.3) is 28.2 Å². The van der Waals surface area contributed by atoms with Crippen LogP contribution < -0.4 is 4.74 Å². The van der Waals surface area contributed by atoms with Gasteiger partial charge in [-0.05, 0) is 61.8 Å². The fourth-order valence-corrected chi connectivity index (χ4v) is 4.81. The van der Waals surface area contributed by atoms with Crippen LogP contribution in [0.2, 0.25) is 0 Å². The summed E-state index contributed by atoms with van der Waals surface area (Å²) in [6, 6.07) is 26.1. The Labute approximate surface area is 211 Å². The maximum Gasteiger partial charge on any atom is 0.341 e. The minimum atomic E-state index is -0.984. The second-order valence-electron chi connectivity index (χ2n) is 9.19. The number of carboxylic acids is 1. The van der Waals surface area contributed by atoms with Gasteiger partial charge >= 0.3 is 5.97 Å². The number of carboxylic acid groups (broad SMARTS) is 1. The lowest BCUT2D eigenvalue weighted by Gasteiger charge is -2.23. The van der Waals surface area contributed by atoms with E-state index in [4.69, 9.17) is 19.2 Å². The molecule has 4 aromatic rings. The molecular formula is C31H29NO4. The molecule has 1 aliphatic carbocycles. The minimum Gasteiger partial charge on any atom is -0.482 e. The number of carbonyl (C=O) groups is 1. The summed E-state index contributed by atoms with van der Waals surface area (Å²) in [5.74, 6) is 1.30. The zero-order chi connectivity index (χ0) is 24.9. The number of aromatic nitrogens is 1. The van der Waals surface area contributed by atoms with Crippen molar-refractivity contribution in [3.8, 4) is 28.3 Å². The molecule has 3 aromatic carbocycles. The first kappa shape index (κ1) is 23.6. The van der Waals surface area contributed by atoms with Crippen molar-refractivity contribution >= 4 is 11.5 Å². The van der Waals surface area contributed by atoms with Gasteiger partial charge in [0, 0.05) is 16.7 Å². The summed E-state index contributed by atoms with van der Waals surface area (Å²) in [4.78, 5) is 16.0. The smallest absolute Gasteiger partial charge is 0.341 e. The van der Waals surface area contributed by atoms with E-state index >= 15 is 0 Å². The van der Waals surface area contributed by atoms with Crippen molar-refractivity contribution in [2.75, 3.05) is 6.61 Å². The monoisotopic (exact) mass is 479 g/mol. The first-order valence-electron chi connectivity index (χ1n) is 12.3. The summed E-state index contributed by atoms with van der Waals surface area (Å²) in [5, 5.41) is 8.96. The topological polar surface area (TPSA) is 72.6 Å². The Morgan fingerprint density at radius 3 is 2.47 bits per heavy atom. The number of allylic oxidation sites excluding steroid dienone is 2. The maximum absolute atomic E-state index is 10.9. The number of hydrogen-bond donors (Lipinski definition) is 1. The Balaban J connectivity index is 1.49. The van der Waals surface area contributed by atoms with E-state index in [9.17, 15) is 4.79 Å². The van der Waals surface area contributed by atoms with Gasteiger partial charge in [-0.15, -0.1) is 0 Å². The third-order valence-corrected chi connectivity index (χ3v) is 6.67. The molecule has 0 amide bonds. The van der Waals surface area contributed by atoms with Crippen LogP contribution in [0.4, 0.5) is 0 Å². The molecule has 36 heavy (non-hydrogen) atoms. The van der Waals surface area contributed by atoms with Crippen LogP contribution in [0.5, 0.6) is 5.75 Å². The van der Waals surface area contributed by atoms with Crippen molar-refractivity contribution in [2.45, 2.75) is 32.6 Å². The highest BCUT2D eigenvalue weighted by Gasteiger charge is 2.26. The molecule has 0 spiro atoms. The van der Waals surface area contributed by atoms with Crippen molar-refractivity contribution in [1.29, 1.82) is 0 Å². The van der Waals surface area contributed by atoms with E-state index in [-0.39, 0.29) is 12.5 Å². The maximum atomic E-state index is 10.9. The average molecular weight is 480 g/mol. The van der Waals surface area contributed by atoms with E-state index in [1.54, 1.807) is 0 Å². The molecule has 5 nitrogen and oxygen atoms in total. The molecule has 1 N–H and O–H groups in total. The van der Waals surface area contributed by atoms with Gasteiger partial charge in [0.25, 0.3) is 0 Å². The Morgan fingerprint density at radius 1 is 1.03 bits per heavy atom. The van der Waals surface area contributed by atoms with Gasteiger partial charge in [-0.3, -0.25) is 0 Å². The van der Waals surface area contributed by atoms with Gasteiger partial charge in [-0.2, -0.15) is 0 Å². The molecule has 1 aromatic heterocycles. The molecule has 0 bridgehead atoms. The van der Waals surface area contributed by atoms with Crippen molar-refractivity contribution in [3.63, 3.8) is 0 Å². The summed E-state index contributed by atoms with van der Waals surface area (Å²) >= 11 is 0.